The molecule has 0 aliphatic rings. The summed E-state index contributed by atoms with van der Waals surface area (Å²) < 4.78 is 0. The fourth-order valence-corrected chi connectivity index (χ4v) is 3.25. The van der Waals surface area contributed by atoms with Crippen LogP contribution >= 0.6 is 11.3 Å². The van der Waals surface area contributed by atoms with E-state index in [1.165, 1.54) is 5.01 Å². The molecule has 0 amide bonds. The highest BCUT2D eigenvalue weighted by molar-refractivity contribution is 7.09. The fraction of sp³-hybridized carbons (Fsp3) is 0.474. The molecule has 1 aromatic carbocycles. The van der Waals surface area contributed by atoms with Gasteiger partial charge in [0.05, 0.1) is 11.6 Å². The Morgan fingerprint density at radius 2 is 2.04 bits per heavy atom. The number of guanidine groups is 1. The summed E-state index contributed by atoms with van der Waals surface area (Å²) in [6.07, 6.45) is 1.96. The first-order valence-corrected chi connectivity index (χ1v) is 9.60. The normalized spacial score (nSPS) is 14.2. The maximum atomic E-state index is 10.7. The Balaban J connectivity index is 1.85. The Labute approximate surface area is 154 Å². The van der Waals surface area contributed by atoms with Crippen molar-refractivity contribution in [2.75, 3.05) is 19.6 Å². The molecule has 1 unspecified atom stereocenters. The number of hydrogen-bond acceptors (Lipinski definition) is 4. The number of aliphatic imine (C=N–C) groups is 1. The third kappa shape index (κ3) is 6.48. The topological polar surface area (TPSA) is 69.5 Å². The van der Waals surface area contributed by atoms with Crippen LogP contribution in [0.4, 0.5) is 0 Å². The maximum absolute atomic E-state index is 10.7. The van der Waals surface area contributed by atoms with Gasteiger partial charge in [0.1, 0.15) is 5.60 Å². The Bertz CT molecular complexity index is 667. The predicted molar refractivity (Wildman–Crippen MR) is 105 cm³/mol. The zero-order chi connectivity index (χ0) is 18.1. The lowest BCUT2D eigenvalue weighted by Crippen LogP contribution is -2.39. The van der Waals surface area contributed by atoms with E-state index in [9.17, 15) is 5.11 Å². The second-order valence-electron chi connectivity index (χ2n) is 6.25. The quantitative estimate of drug-likeness (QED) is 0.385. The summed E-state index contributed by atoms with van der Waals surface area (Å²) in [5.41, 5.74) is 0.974. The monoisotopic (exact) mass is 360 g/mol. The first kappa shape index (κ1) is 19.4. The molecule has 0 saturated heterocycles. The SMILES string of the molecule is CCNC(=NCC(C)(O)c1ccccc1)NCCCc1nc(C)cs1. The largest absolute Gasteiger partial charge is 0.384 e. The maximum Gasteiger partial charge on any atom is 0.191 e. The van der Waals surface area contributed by atoms with Crippen molar-refractivity contribution in [3.8, 4) is 0 Å². The van der Waals surface area contributed by atoms with Crippen LogP contribution in [0.25, 0.3) is 0 Å². The van der Waals surface area contributed by atoms with E-state index in [-0.39, 0.29) is 0 Å². The van der Waals surface area contributed by atoms with Crippen LogP contribution in [0, 0.1) is 6.92 Å². The molecular formula is C19H28N4OS. The lowest BCUT2D eigenvalue weighted by molar-refractivity contribution is 0.0672. The molecule has 3 N–H and O–H groups in total. The summed E-state index contributed by atoms with van der Waals surface area (Å²) >= 11 is 1.71. The Morgan fingerprint density at radius 3 is 2.68 bits per heavy atom. The number of aliphatic hydroxyl groups is 1. The van der Waals surface area contributed by atoms with Gasteiger partial charge in [-0.05, 0) is 32.8 Å². The molecule has 1 aromatic heterocycles. The molecule has 25 heavy (non-hydrogen) atoms. The first-order valence-electron chi connectivity index (χ1n) is 8.72. The summed E-state index contributed by atoms with van der Waals surface area (Å²) in [4.78, 5) is 9.02. The lowest BCUT2D eigenvalue weighted by atomic mass is 9.96. The number of aromatic nitrogens is 1. The summed E-state index contributed by atoms with van der Waals surface area (Å²) in [5.74, 6) is 0.731. The van der Waals surface area contributed by atoms with Crippen molar-refractivity contribution in [1.29, 1.82) is 0 Å². The summed E-state index contributed by atoms with van der Waals surface area (Å²) in [6, 6.07) is 9.64. The van der Waals surface area contributed by atoms with Crippen molar-refractivity contribution < 1.29 is 5.11 Å². The smallest absolute Gasteiger partial charge is 0.191 e. The van der Waals surface area contributed by atoms with Gasteiger partial charge in [0, 0.05) is 30.6 Å². The van der Waals surface area contributed by atoms with Crippen LogP contribution in [0.15, 0.2) is 40.7 Å². The molecule has 0 saturated carbocycles. The number of hydrogen-bond donors (Lipinski definition) is 3. The van der Waals surface area contributed by atoms with Gasteiger partial charge in [0.2, 0.25) is 0 Å². The predicted octanol–water partition coefficient (Wildman–Crippen LogP) is 2.85. The van der Waals surface area contributed by atoms with Gasteiger partial charge in [0.25, 0.3) is 0 Å². The van der Waals surface area contributed by atoms with E-state index in [4.69, 9.17) is 0 Å². The van der Waals surface area contributed by atoms with E-state index in [2.05, 4.69) is 26.0 Å². The van der Waals surface area contributed by atoms with Crippen LogP contribution in [-0.4, -0.2) is 35.7 Å². The van der Waals surface area contributed by atoms with Crippen LogP contribution in [0.3, 0.4) is 0 Å². The minimum absolute atomic E-state index is 0.304. The average molecular weight is 361 g/mol. The number of rotatable bonds is 8. The van der Waals surface area contributed by atoms with Gasteiger partial charge in [-0.15, -0.1) is 11.3 Å². The van der Waals surface area contributed by atoms with Gasteiger partial charge in [-0.2, -0.15) is 0 Å². The van der Waals surface area contributed by atoms with Gasteiger partial charge in [-0.1, -0.05) is 30.3 Å². The van der Waals surface area contributed by atoms with E-state index in [0.717, 1.165) is 43.1 Å². The minimum atomic E-state index is -0.984. The number of nitrogens with zero attached hydrogens (tertiary/aromatic N) is 2. The van der Waals surface area contributed by atoms with Crippen molar-refractivity contribution in [3.63, 3.8) is 0 Å². The summed E-state index contributed by atoms with van der Waals surface area (Å²) in [5, 5.41) is 20.5. The Morgan fingerprint density at radius 1 is 1.28 bits per heavy atom. The average Bonchev–Trinajstić information content (AvgIpc) is 3.02. The number of thiazole rings is 1. The van der Waals surface area contributed by atoms with E-state index < -0.39 is 5.60 Å². The van der Waals surface area contributed by atoms with Crippen LogP contribution in [0.2, 0.25) is 0 Å². The molecule has 5 nitrogen and oxygen atoms in total. The van der Waals surface area contributed by atoms with Gasteiger partial charge < -0.3 is 15.7 Å². The molecule has 1 heterocycles. The molecule has 2 rings (SSSR count). The highest BCUT2D eigenvalue weighted by Crippen LogP contribution is 2.20. The molecule has 0 aliphatic carbocycles. The van der Waals surface area contributed by atoms with Crippen molar-refractivity contribution in [2.45, 2.75) is 39.2 Å². The zero-order valence-electron chi connectivity index (χ0n) is 15.2. The van der Waals surface area contributed by atoms with Crippen molar-refractivity contribution in [1.82, 2.24) is 15.6 Å². The zero-order valence-corrected chi connectivity index (χ0v) is 16.1. The third-order valence-corrected chi connectivity index (χ3v) is 4.84. The van der Waals surface area contributed by atoms with Crippen molar-refractivity contribution in [2.24, 2.45) is 4.99 Å². The number of aryl methyl sites for hydroxylation is 2. The molecule has 6 heteroatoms. The second-order valence-corrected chi connectivity index (χ2v) is 7.19. The van der Waals surface area contributed by atoms with Gasteiger partial charge in [-0.3, -0.25) is 0 Å². The number of benzene rings is 1. The van der Waals surface area contributed by atoms with Gasteiger partial charge in [-0.25, -0.2) is 9.98 Å². The van der Waals surface area contributed by atoms with Gasteiger partial charge in [0.15, 0.2) is 5.96 Å². The molecule has 0 spiro atoms. The highest BCUT2D eigenvalue weighted by atomic mass is 32.1. The Hall–Kier alpha value is -1.92. The van der Waals surface area contributed by atoms with E-state index in [0.29, 0.717) is 6.54 Å². The standard InChI is InChI=1S/C19H28N4OS/c1-4-20-18(21-12-8-11-17-23-15(2)13-25-17)22-14-19(3,24)16-9-6-5-7-10-16/h5-7,9-10,13,24H,4,8,11-12,14H2,1-3H3,(H2,20,21,22). The Kier molecular flexibility index (Phi) is 7.40. The van der Waals surface area contributed by atoms with Crippen LogP contribution < -0.4 is 10.6 Å². The third-order valence-electron chi connectivity index (χ3n) is 3.81. The molecule has 0 radical (unpaired) electrons. The highest BCUT2D eigenvalue weighted by Gasteiger charge is 2.22. The fourth-order valence-electron chi connectivity index (χ4n) is 2.43. The van der Waals surface area contributed by atoms with Gasteiger partial charge >= 0.3 is 0 Å². The van der Waals surface area contributed by atoms with E-state index >= 15 is 0 Å². The van der Waals surface area contributed by atoms with E-state index in [1.54, 1.807) is 18.3 Å². The summed E-state index contributed by atoms with van der Waals surface area (Å²) in [6.45, 7) is 7.75. The van der Waals surface area contributed by atoms with Crippen molar-refractivity contribution in [3.05, 3.63) is 52.0 Å². The second kappa shape index (κ2) is 9.53. The van der Waals surface area contributed by atoms with E-state index in [1.807, 2.05) is 44.2 Å². The van der Waals surface area contributed by atoms with Crippen LogP contribution in [0.5, 0.6) is 0 Å². The molecule has 0 bridgehead atoms. The molecule has 136 valence electrons. The number of nitrogens with one attached hydrogen (secondary N) is 2. The lowest BCUT2D eigenvalue weighted by Gasteiger charge is -2.22. The molecule has 1 atom stereocenters. The van der Waals surface area contributed by atoms with Crippen LogP contribution in [0.1, 0.15) is 36.5 Å². The minimum Gasteiger partial charge on any atom is -0.384 e. The summed E-state index contributed by atoms with van der Waals surface area (Å²) in [7, 11) is 0. The molecule has 2 aromatic rings. The molecule has 0 fully saturated rings. The molecule has 0 aliphatic heterocycles. The molecular weight excluding hydrogens is 332 g/mol. The first-order chi connectivity index (χ1) is 12.0. The van der Waals surface area contributed by atoms with Crippen LogP contribution in [-0.2, 0) is 12.0 Å². The van der Waals surface area contributed by atoms with Crippen molar-refractivity contribution >= 4 is 17.3 Å².